The van der Waals surface area contributed by atoms with Gasteiger partial charge in [0.15, 0.2) is 0 Å². The van der Waals surface area contributed by atoms with Gasteiger partial charge in [0, 0.05) is 22.2 Å². The second-order valence-electron chi connectivity index (χ2n) is 17.8. The van der Waals surface area contributed by atoms with Crippen molar-refractivity contribution in [3.05, 3.63) is 223 Å². The summed E-state index contributed by atoms with van der Waals surface area (Å²) in [4.78, 5) is 2.54. The molecule has 1 aliphatic rings. The van der Waals surface area contributed by atoms with Gasteiger partial charge in [-0.2, -0.15) is 0 Å². The minimum absolute atomic E-state index is 0.0839. The van der Waals surface area contributed by atoms with E-state index < -0.39 is 0 Å². The van der Waals surface area contributed by atoms with Crippen molar-refractivity contribution < 1.29 is 0 Å². The van der Waals surface area contributed by atoms with Gasteiger partial charge in [-0.3, -0.25) is 0 Å². The van der Waals surface area contributed by atoms with Crippen molar-refractivity contribution in [3.63, 3.8) is 0 Å². The molecule has 0 spiro atoms. The van der Waals surface area contributed by atoms with Crippen LogP contribution in [0.1, 0.15) is 51.3 Å². The van der Waals surface area contributed by atoms with Crippen LogP contribution in [0.15, 0.2) is 206 Å². The molecule has 9 aromatic carbocycles. The number of benzene rings is 9. The molecule has 0 saturated carbocycles. The Morgan fingerprint density at radius 1 is 0.383 bits per heavy atom. The minimum atomic E-state index is -0.162. The van der Waals surface area contributed by atoms with E-state index in [0.717, 1.165) is 17.1 Å². The highest BCUT2D eigenvalue weighted by Gasteiger charge is 2.36. The number of anilines is 3. The average Bonchev–Trinajstić information content (AvgIpc) is 3.52. The molecule has 0 unspecified atom stereocenters. The standard InChI is InChI=1S/C59H49N/c1-58(2,3)45-32-28-40(29-33-45)44-31-36-55(52(38-44)42-20-10-7-11-21-42)60(46-34-35-50-49-25-16-17-27-53(49)59(4,5)54(50)39-46)56-37-30-43-22-12-13-24-48(43)57(56)51-26-15-14-23-47(51)41-18-8-6-9-19-41/h6-39H,1-5H3. The van der Waals surface area contributed by atoms with Gasteiger partial charge >= 0.3 is 0 Å². The molecule has 1 nitrogen and oxygen atoms in total. The molecule has 10 rings (SSSR count). The predicted molar refractivity (Wildman–Crippen MR) is 257 cm³/mol. The van der Waals surface area contributed by atoms with Crippen LogP contribution in [0, 0.1) is 0 Å². The summed E-state index contributed by atoms with van der Waals surface area (Å²) in [5.74, 6) is 0. The van der Waals surface area contributed by atoms with E-state index in [4.69, 9.17) is 0 Å². The fourth-order valence-corrected chi connectivity index (χ4v) is 9.46. The summed E-state index contributed by atoms with van der Waals surface area (Å²) in [5.41, 5.74) is 19.5. The van der Waals surface area contributed by atoms with Gasteiger partial charge in [-0.1, -0.05) is 211 Å². The Labute approximate surface area is 355 Å². The van der Waals surface area contributed by atoms with E-state index in [1.54, 1.807) is 0 Å². The highest BCUT2D eigenvalue weighted by Crippen LogP contribution is 2.53. The van der Waals surface area contributed by atoms with Gasteiger partial charge in [0.05, 0.1) is 11.4 Å². The summed E-state index contributed by atoms with van der Waals surface area (Å²) >= 11 is 0. The summed E-state index contributed by atoms with van der Waals surface area (Å²) in [5, 5.41) is 2.43. The normalized spacial score (nSPS) is 12.9. The zero-order valence-electron chi connectivity index (χ0n) is 35.1. The predicted octanol–water partition coefficient (Wildman–Crippen LogP) is 16.6. The lowest BCUT2D eigenvalue weighted by Gasteiger charge is -2.32. The first-order valence-corrected chi connectivity index (χ1v) is 21.2. The fourth-order valence-electron chi connectivity index (χ4n) is 9.46. The molecule has 0 atom stereocenters. The zero-order chi connectivity index (χ0) is 41.0. The van der Waals surface area contributed by atoms with Crippen LogP contribution in [0.2, 0.25) is 0 Å². The molecule has 0 amide bonds. The van der Waals surface area contributed by atoms with Gasteiger partial charge in [-0.15, -0.1) is 0 Å². The van der Waals surface area contributed by atoms with E-state index in [0.29, 0.717) is 0 Å². The number of fused-ring (bicyclic) bond motifs is 4. The third kappa shape index (κ3) is 6.42. The van der Waals surface area contributed by atoms with Crippen LogP contribution < -0.4 is 4.90 Å². The van der Waals surface area contributed by atoms with Crippen LogP contribution in [0.5, 0.6) is 0 Å². The monoisotopic (exact) mass is 771 g/mol. The molecule has 0 bridgehead atoms. The van der Waals surface area contributed by atoms with Gasteiger partial charge in [0.25, 0.3) is 0 Å². The largest absolute Gasteiger partial charge is 0.309 e. The quantitative estimate of drug-likeness (QED) is 0.156. The lowest BCUT2D eigenvalue weighted by molar-refractivity contribution is 0.590. The molecule has 0 fully saturated rings. The SMILES string of the molecule is CC(C)(C)c1ccc(-c2ccc(N(c3ccc4c(c3)C(C)(C)c3ccccc3-4)c3ccc4ccccc4c3-c3ccccc3-c3ccccc3)c(-c3ccccc3)c2)cc1. The van der Waals surface area contributed by atoms with E-state index >= 15 is 0 Å². The van der Waals surface area contributed by atoms with Crippen LogP contribution in [0.4, 0.5) is 17.1 Å². The number of hydrogen-bond acceptors (Lipinski definition) is 1. The highest BCUT2D eigenvalue weighted by molar-refractivity contribution is 6.09. The summed E-state index contributed by atoms with van der Waals surface area (Å²) < 4.78 is 0. The zero-order valence-corrected chi connectivity index (χ0v) is 35.1. The molecular weight excluding hydrogens is 723 g/mol. The van der Waals surface area contributed by atoms with Crippen LogP contribution >= 0.6 is 0 Å². The van der Waals surface area contributed by atoms with E-state index in [1.807, 2.05) is 0 Å². The van der Waals surface area contributed by atoms with Crippen molar-refractivity contribution in [2.45, 2.75) is 45.4 Å². The lowest BCUT2D eigenvalue weighted by Crippen LogP contribution is -2.17. The van der Waals surface area contributed by atoms with Crippen LogP contribution in [-0.4, -0.2) is 0 Å². The second kappa shape index (κ2) is 14.7. The summed E-state index contributed by atoms with van der Waals surface area (Å²) in [7, 11) is 0. The van der Waals surface area contributed by atoms with Crippen molar-refractivity contribution in [2.24, 2.45) is 0 Å². The second-order valence-corrected chi connectivity index (χ2v) is 17.8. The molecule has 1 heteroatoms. The molecular formula is C59H49N. The first-order valence-electron chi connectivity index (χ1n) is 21.2. The minimum Gasteiger partial charge on any atom is -0.309 e. The van der Waals surface area contributed by atoms with Crippen LogP contribution in [0.25, 0.3) is 66.4 Å². The third-order valence-electron chi connectivity index (χ3n) is 12.7. The molecule has 0 N–H and O–H groups in total. The molecule has 0 aromatic heterocycles. The molecule has 0 heterocycles. The topological polar surface area (TPSA) is 3.24 Å². The van der Waals surface area contributed by atoms with Crippen molar-refractivity contribution in [3.8, 4) is 55.6 Å². The van der Waals surface area contributed by atoms with Gasteiger partial charge in [0.2, 0.25) is 0 Å². The molecule has 0 radical (unpaired) electrons. The van der Waals surface area contributed by atoms with E-state index in [1.165, 1.54) is 83.1 Å². The summed E-state index contributed by atoms with van der Waals surface area (Å²) in [6.07, 6.45) is 0. The highest BCUT2D eigenvalue weighted by atomic mass is 15.1. The number of hydrogen-bond donors (Lipinski definition) is 0. The van der Waals surface area contributed by atoms with Gasteiger partial charge in [-0.05, 0) is 108 Å². The maximum absolute atomic E-state index is 2.54. The van der Waals surface area contributed by atoms with E-state index in [-0.39, 0.29) is 10.8 Å². The van der Waals surface area contributed by atoms with E-state index in [2.05, 4.69) is 246 Å². The molecule has 0 saturated heterocycles. The van der Waals surface area contributed by atoms with E-state index in [9.17, 15) is 0 Å². The van der Waals surface area contributed by atoms with Gasteiger partial charge in [-0.25, -0.2) is 0 Å². The van der Waals surface area contributed by atoms with Crippen molar-refractivity contribution in [2.75, 3.05) is 4.90 Å². The van der Waals surface area contributed by atoms with Crippen LogP contribution in [0.3, 0.4) is 0 Å². The Morgan fingerprint density at radius 2 is 0.950 bits per heavy atom. The lowest BCUT2D eigenvalue weighted by atomic mass is 9.82. The molecule has 60 heavy (non-hydrogen) atoms. The van der Waals surface area contributed by atoms with Crippen molar-refractivity contribution in [1.82, 2.24) is 0 Å². The van der Waals surface area contributed by atoms with Crippen LogP contribution in [-0.2, 0) is 10.8 Å². The Bertz CT molecular complexity index is 3020. The van der Waals surface area contributed by atoms with Crippen molar-refractivity contribution >= 4 is 27.8 Å². The molecule has 290 valence electrons. The third-order valence-corrected chi connectivity index (χ3v) is 12.7. The molecule has 0 aliphatic heterocycles. The first-order chi connectivity index (χ1) is 29.2. The summed E-state index contributed by atoms with van der Waals surface area (Å²) in [6.45, 7) is 11.6. The van der Waals surface area contributed by atoms with Gasteiger partial charge in [0.1, 0.15) is 0 Å². The molecule has 9 aromatic rings. The number of rotatable bonds is 7. The Balaban J connectivity index is 1.28. The fraction of sp³-hybridized carbons (Fsp3) is 0.119. The Kier molecular flexibility index (Phi) is 9.14. The average molecular weight is 772 g/mol. The molecule has 1 aliphatic carbocycles. The Morgan fingerprint density at radius 3 is 1.67 bits per heavy atom. The first kappa shape index (κ1) is 37.3. The summed E-state index contributed by atoms with van der Waals surface area (Å²) in [6, 6.07) is 76.4. The maximum Gasteiger partial charge on any atom is 0.0546 e. The van der Waals surface area contributed by atoms with Crippen molar-refractivity contribution in [1.29, 1.82) is 0 Å². The van der Waals surface area contributed by atoms with Gasteiger partial charge < -0.3 is 4.90 Å². The maximum atomic E-state index is 2.54. The smallest absolute Gasteiger partial charge is 0.0546 e. The Hall–Kier alpha value is -6.96. The number of nitrogens with zero attached hydrogens (tertiary/aromatic N) is 1.